The number of carbonyl (C=O) groups excluding carboxylic acids is 1. The SMILES string of the molecule is COc1ccccc1OC(=O)c1ccc(-c2ccc(F)cc2)o1. The van der Waals surface area contributed by atoms with Crippen LogP contribution in [0.25, 0.3) is 11.3 Å². The number of rotatable bonds is 4. The first-order valence-corrected chi connectivity index (χ1v) is 6.88. The molecule has 1 heterocycles. The molecule has 0 N–H and O–H groups in total. The lowest BCUT2D eigenvalue weighted by molar-refractivity contribution is 0.0697. The van der Waals surface area contributed by atoms with E-state index >= 15 is 0 Å². The van der Waals surface area contributed by atoms with Gasteiger partial charge in [-0.2, -0.15) is 0 Å². The summed E-state index contributed by atoms with van der Waals surface area (Å²) >= 11 is 0. The van der Waals surface area contributed by atoms with Crippen molar-refractivity contribution >= 4 is 5.97 Å². The summed E-state index contributed by atoms with van der Waals surface area (Å²) in [5, 5.41) is 0. The molecule has 4 nitrogen and oxygen atoms in total. The predicted octanol–water partition coefficient (Wildman–Crippen LogP) is 4.31. The van der Waals surface area contributed by atoms with Gasteiger partial charge in [-0.1, -0.05) is 12.1 Å². The number of hydrogen-bond acceptors (Lipinski definition) is 4. The second-order valence-electron chi connectivity index (χ2n) is 4.71. The molecule has 23 heavy (non-hydrogen) atoms. The Morgan fingerprint density at radius 2 is 1.65 bits per heavy atom. The Labute approximate surface area is 132 Å². The van der Waals surface area contributed by atoms with E-state index in [2.05, 4.69) is 0 Å². The Kier molecular flexibility index (Phi) is 4.10. The number of methoxy groups -OCH3 is 1. The lowest BCUT2D eigenvalue weighted by Crippen LogP contribution is -2.08. The molecule has 0 aliphatic heterocycles. The van der Waals surface area contributed by atoms with Gasteiger partial charge in [0.25, 0.3) is 0 Å². The van der Waals surface area contributed by atoms with Crippen LogP contribution >= 0.6 is 0 Å². The fourth-order valence-electron chi connectivity index (χ4n) is 2.07. The van der Waals surface area contributed by atoms with Crippen LogP contribution in [-0.4, -0.2) is 13.1 Å². The van der Waals surface area contributed by atoms with E-state index in [-0.39, 0.29) is 11.6 Å². The van der Waals surface area contributed by atoms with E-state index in [1.807, 2.05) is 0 Å². The highest BCUT2D eigenvalue weighted by molar-refractivity contribution is 5.89. The second-order valence-corrected chi connectivity index (χ2v) is 4.71. The summed E-state index contributed by atoms with van der Waals surface area (Å²) in [5.74, 6) is 0.289. The number of ether oxygens (including phenoxy) is 2. The molecule has 0 unspecified atom stereocenters. The zero-order valence-electron chi connectivity index (χ0n) is 12.3. The summed E-state index contributed by atoms with van der Waals surface area (Å²) in [6.07, 6.45) is 0. The fourth-order valence-corrected chi connectivity index (χ4v) is 2.07. The van der Waals surface area contributed by atoms with Crippen molar-refractivity contribution in [2.45, 2.75) is 0 Å². The maximum Gasteiger partial charge on any atom is 0.379 e. The van der Waals surface area contributed by atoms with Gasteiger partial charge in [-0.3, -0.25) is 0 Å². The Balaban J connectivity index is 1.80. The van der Waals surface area contributed by atoms with E-state index in [1.165, 1.54) is 25.3 Å². The second kappa shape index (κ2) is 6.36. The molecule has 0 aliphatic rings. The van der Waals surface area contributed by atoms with Crippen LogP contribution in [0.5, 0.6) is 11.5 Å². The molecule has 5 heteroatoms. The quantitative estimate of drug-likeness (QED) is 0.532. The predicted molar refractivity (Wildman–Crippen MR) is 82.1 cm³/mol. The summed E-state index contributed by atoms with van der Waals surface area (Å²) in [5.41, 5.74) is 0.669. The van der Waals surface area contributed by atoms with Gasteiger partial charge in [-0.25, -0.2) is 9.18 Å². The summed E-state index contributed by atoms with van der Waals surface area (Å²) in [6.45, 7) is 0. The molecule has 0 amide bonds. The van der Waals surface area contributed by atoms with E-state index in [1.54, 1.807) is 42.5 Å². The van der Waals surface area contributed by atoms with Crippen LogP contribution in [0.2, 0.25) is 0 Å². The number of halogens is 1. The van der Waals surface area contributed by atoms with Gasteiger partial charge in [-0.05, 0) is 48.5 Å². The molecular weight excluding hydrogens is 299 g/mol. The number of para-hydroxylation sites is 2. The summed E-state index contributed by atoms with van der Waals surface area (Å²) in [6, 6.07) is 15.8. The van der Waals surface area contributed by atoms with Crippen LogP contribution in [0.1, 0.15) is 10.6 Å². The molecule has 3 rings (SSSR count). The van der Waals surface area contributed by atoms with Crippen molar-refractivity contribution < 1.29 is 23.1 Å². The normalized spacial score (nSPS) is 10.3. The van der Waals surface area contributed by atoms with Gasteiger partial charge in [0.1, 0.15) is 11.6 Å². The van der Waals surface area contributed by atoms with Crippen molar-refractivity contribution in [1.82, 2.24) is 0 Å². The van der Waals surface area contributed by atoms with Crippen molar-refractivity contribution in [2.24, 2.45) is 0 Å². The molecule has 0 fully saturated rings. The smallest absolute Gasteiger partial charge is 0.379 e. The molecule has 2 aromatic carbocycles. The van der Waals surface area contributed by atoms with Gasteiger partial charge < -0.3 is 13.9 Å². The Morgan fingerprint density at radius 3 is 2.35 bits per heavy atom. The van der Waals surface area contributed by atoms with E-state index in [0.717, 1.165) is 0 Å². The topological polar surface area (TPSA) is 48.7 Å². The molecule has 0 saturated carbocycles. The fraction of sp³-hybridized carbons (Fsp3) is 0.0556. The van der Waals surface area contributed by atoms with Crippen molar-refractivity contribution in [3.05, 3.63) is 72.2 Å². The summed E-state index contributed by atoms with van der Waals surface area (Å²) < 4.78 is 28.8. The van der Waals surface area contributed by atoms with Gasteiger partial charge in [0, 0.05) is 5.56 Å². The monoisotopic (exact) mass is 312 g/mol. The number of carbonyl (C=O) groups is 1. The average molecular weight is 312 g/mol. The lowest BCUT2D eigenvalue weighted by atomic mass is 10.2. The van der Waals surface area contributed by atoms with Crippen molar-refractivity contribution in [1.29, 1.82) is 0 Å². The molecule has 0 radical (unpaired) electrons. The molecule has 0 saturated heterocycles. The van der Waals surface area contributed by atoms with Gasteiger partial charge in [0.05, 0.1) is 7.11 Å². The standard InChI is InChI=1S/C18H13FO4/c1-21-15-4-2-3-5-16(15)23-18(20)17-11-10-14(22-17)12-6-8-13(19)9-7-12/h2-11H,1H3. The Bertz CT molecular complexity index is 821. The largest absolute Gasteiger partial charge is 0.493 e. The van der Waals surface area contributed by atoms with Crippen LogP contribution < -0.4 is 9.47 Å². The molecular formula is C18H13FO4. The molecule has 0 bridgehead atoms. The maximum absolute atomic E-state index is 12.9. The number of benzene rings is 2. The number of hydrogen-bond donors (Lipinski definition) is 0. The molecule has 0 spiro atoms. The van der Waals surface area contributed by atoms with E-state index < -0.39 is 5.97 Å². The highest BCUT2D eigenvalue weighted by Crippen LogP contribution is 2.28. The summed E-state index contributed by atoms with van der Waals surface area (Å²) in [7, 11) is 1.49. The van der Waals surface area contributed by atoms with Crippen LogP contribution in [-0.2, 0) is 0 Å². The minimum absolute atomic E-state index is 0.0511. The maximum atomic E-state index is 12.9. The number of esters is 1. The zero-order chi connectivity index (χ0) is 16.2. The minimum atomic E-state index is -0.636. The van der Waals surface area contributed by atoms with Crippen molar-refractivity contribution in [3.63, 3.8) is 0 Å². The third-order valence-corrected chi connectivity index (χ3v) is 3.21. The van der Waals surface area contributed by atoms with E-state index in [0.29, 0.717) is 22.8 Å². The lowest BCUT2D eigenvalue weighted by Gasteiger charge is -2.07. The van der Waals surface area contributed by atoms with Gasteiger partial charge in [0.15, 0.2) is 11.5 Å². The highest BCUT2D eigenvalue weighted by atomic mass is 19.1. The molecule has 0 atom stereocenters. The zero-order valence-corrected chi connectivity index (χ0v) is 12.3. The summed E-state index contributed by atoms with van der Waals surface area (Å²) in [4.78, 5) is 12.1. The molecule has 3 aromatic rings. The minimum Gasteiger partial charge on any atom is -0.493 e. The van der Waals surface area contributed by atoms with E-state index in [9.17, 15) is 9.18 Å². The van der Waals surface area contributed by atoms with Gasteiger partial charge >= 0.3 is 5.97 Å². The van der Waals surface area contributed by atoms with Crippen LogP contribution in [0.3, 0.4) is 0 Å². The Morgan fingerprint density at radius 1 is 0.957 bits per heavy atom. The number of furan rings is 1. The first-order valence-electron chi connectivity index (χ1n) is 6.88. The molecule has 116 valence electrons. The van der Waals surface area contributed by atoms with Crippen LogP contribution in [0.15, 0.2) is 65.1 Å². The molecule has 1 aromatic heterocycles. The third-order valence-electron chi connectivity index (χ3n) is 3.21. The van der Waals surface area contributed by atoms with Crippen LogP contribution in [0.4, 0.5) is 4.39 Å². The van der Waals surface area contributed by atoms with Gasteiger partial charge in [0.2, 0.25) is 5.76 Å². The average Bonchev–Trinajstić information content (AvgIpc) is 3.06. The first-order chi connectivity index (χ1) is 11.2. The highest BCUT2D eigenvalue weighted by Gasteiger charge is 2.16. The van der Waals surface area contributed by atoms with Gasteiger partial charge in [-0.15, -0.1) is 0 Å². The van der Waals surface area contributed by atoms with Crippen molar-refractivity contribution in [3.8, 4) is 22.8 Å². The van der Waals surface area contributed by atoms with Crippen molar-refractivity contribution in [2.75, 3.05) is 7.11 Å². The van der Waals surface area contributed by atoms with Crippen LogP contribution in [0, 0.1) is 5.82 Å². The molecule has 0 aliphatic carbocycles. The third kappa shape index (κ3) is 3.23. The Hall–Kier alpha value is -3.08. The first kappa shape index (κ1) is 14.8. The van der Waals surface area contributed by atoms with E-state index in [4.69, 9.17) is 13.9 Å².